The Hall–Kier alpha value is -2.38. The summed E-state index contributed by atoms with van der Waals surface area (Å²) in [6, 6.07) is 1.89. The van der Waals surface area contributed by atoms with Crippen LogP contribution in [0.5, 0.6) is 0 Å². The monoisotopic (exact) mass is 558 g/mol. The molecule has 2 aliphatic heterocycles. The number of nitrogens with one attached hydrogen (secondary N) is 2. The van der Waals surface area contributed by atoms with Crippen LogP contribution in [-0.4, -0.2) is 91.9 Å². The summed E-state index contributed by atoms with van der Waals surface area (Å²) in [5.74, 6) is 1.35. The Morgan fingerprint density at radius 1 is 1.00 bits per heavy atom. The SMILES string of the molecule is CCOC(=O)/N=C(\NC(CC1CCCCC1)C(=O)NC1(C#N)CCN(CC2CCCCC2)CC1)N1CCOCC1. The van der Waals surface area contributed by atoms with Crippen LogP contribution in [0.25, 0.3) is 0 Å². The zero-order valence-corrected chi connectivity index (χ0v) is 24.5. The second-order valence-corrected chi connectivity index (χ2v) is 12.2. The molecular formula is C30H50N6O4. The molecule has 0 aromatic rings. The third kappa shape index (κ3) is 9.07. The molecule has 4 aliphatic rings. The predicted octanol–water partition coefficient (Wildman–Crippen LogP) is 3.81. The van der Waals surface area contributed by atoms with E-state index in [1.54, 1.807) is 6.92 Å². The van der Waals surface area contributed by atoms with Crippen molar-refractivity contribution in [1.82, 2.24) is 20.4 Å². The molecule has 10 heteroatoms. The van der Waals surface area contributed by atoms with Crippen molar-refractivity contribution in [3.8, 4) is 6.07 Å². The van der Waals surface area contributed by atoms with E-state index in [0.29, 0.717) is 57.4 Å². The summed E-state index contributed by atoms with van der Waals surface area (Å²) in [5, 5.41) is 16.8. The van der Waals surface area contributed by atoms with Crippen LogP contribution in [0.3, 0.4) is 0 Å². The van der Waals surface area contributed by atoms with E-state index in [-0.39, 0.29) is 12.5 Å². The Balaban J connectivity index is 1.44. The Morgan fingerprint density at radius 3 is 2.23 bits per heavy atom. The molecule has 0 radical (unpaired) electrons. The zero-order chi connectivity index (χ0) is 28.2. The van der Waals surface area contributed by atoms with Gasteiger partial charge in [0.15, 0.2) is 0 Å². The van der Waals surface area contributed by atoms with Gasteiger partial charge >= 0.3 is 6.09 Å². The number of hydrogen-bond donors (Lipinski definition) is 2. The number of amides is 2. The van der Waals surface area contributed by atoms with Gasteiger partial charge in [0.05, 0.1) is 25.9 Å². The lowest BCUT2D eigenvalue weighted by atomic mass is 9.83. The van der Waals surface area contributed by atoms with Crippen LogP contribution >= 0.6 is 0 Å². The summed E-state index contributed by atoms with van der Waals surface area (Å²) in [6.45, 7) is 6.93. The van der Waals surface area contributed by atoms with E-state index in [9.17, 15) is 14.9 Å². The van der Waals surface area contributed by atoms with Crippen molar-refractivity contribution in [3.63, 3.8) is 0 Å². The molecule has 2 saturated carbocycles. The van der Waals surface area contributed by atoms with Crippen molar-refractivity contribution in [2.45, 2.75) is 102 Å². The molecular weight excluding hydrogens is 508 g/mol. The average molecular weight is 559 g/mol. The summed E-state index contributed by atoms with van der Waals surface area (Å²) in [4.78, 5) is 34.9. The van der Waals surface area contributed by atoms with Crippen molar-refractivity contribution in [2.24, 2.45) is 16.8 Å². The fourth-order valence-corrected chi connectivity index (χ4v) is 6.80. The Morgan fingerprint density at radius 2 is 1.62 bits per heavy atom. The van der Waals surface area contributed by atoms with Gasteiger partial charge in [0.2, 0.25) is 11.9 Å². The number of likely N-dealkylation sites (tertiary alicyclic amines) is 1. The Kier molecular flexibility index (Phi) is 11.9. The summed E-state index contributed by atoms with van der Waals surface area (Å²) >= 11 is 0. The maximum Gasteiger partial charge on any atom is 0.436 e. The van der Waals surface area contributed by atoms with Gasteiger partial charge in [-0.15, -0.1) is 4.99 Å². The van der Waals surface area contributed by atoms with Crippen LogP contribution in [-0.2, 0) is 14.3 Å². The number of aliphatic imine (C=N–C) groups is 1. The van der Waals surface area contributed by atoms with Gasteiger partial charge in [-0.1, -0.05) is 51.4 Å². The molecule has 0 spiro atoms. The lowest BCUT2D eigenvalue weighted by Gasteiger charge is -2.40. The molecule has 1 unspecified atom stereocenters. The molecule has 224 valence electrons. The lowest BCUT2D eigenvalue weighted by Crippen LogP contribution is -2.61. The summed E-state index contributed by atoms with van der Waals surface area (Å²) in [6.07, 6.45) is 13.6. The van der Waals surface area contributed by atoms with E-state index in [1.165, 1.54) is 51.4 Å². The van der Waals surface area contributed by atoms with Crippen LogP contribution in [0.15, 0.2) is 4.99 Å². The number of carbonyl (C=O) groups excluding carboxylic acids is 2. The van der Waals surface area contributed by atoms with Gasteiger partial charge in [-0.3, -0.25) is 4.79 Å². The molecule has 4 fully saturated rings. The van der Waals surface area contributed by atoms with Gasteiger partial charge in [0.25, 0.3) is 0 Å². The maximum absolute atomic E-state index is 13.9. The van der Waals surface area contributed by atoms with E-state index in [4.69, 9.17) is 9.47 Å². The van der Waals surface area contributed by atoms with Crippen molar-refractivity contribution >= 4 is 18.0 Å². The molecule has 2 amide bonds. The van der Waals surface area contributed by atoms with Crippen molar-refractivity contribution in [2.75, 3.05) is 52.5 Å². The minimum atomic E-state index is -0.871. The highest BCUT2D eigenvalue weighted by Crippen LogP contribution is 2.30. The van der Waals surface area contributed by atoms with Gasteiger partial charge < -0.3 is 29.9 Å². The first-order valence-electron chi connectivity index (χ1n) is 15.8. The topological polar surface area (TPSA) is 119 Å². The summed E-state index contributed by atoms with van der Waals surface area (Å²) in [5.41, 5.74) is -0.871. The predicted molar refractivity (Wildman–Crippen MR) is 154 cm³/mol. The Labute approximate surface area is 240 Å². The molecule has 10 nitrogen and oxygen atoms in total. The number of piperidine rings is 1. The highest BCUT2D eigenvalue weighted by Gasteiger charge is 2.39. The Bertz CT molecular complexity index is 879. The van der Waals surface area contributed by atoms with Gasteiger partial charge in [-0.05, 0) is 50.9 Å². The molecule has 2 heterocycles. The standard InChI is InChI=1S/C30H50N6O4/c1-2-40-29(38)33-28(36-17-19-39-20-18-36)32-26(21-24-9-5-3-6-10-24)27(37)34-30(23-31)13-15-35(16-14-30)22-25-11-7-4-8-12-25/h24-26H,2-22H2,1H3,(H,34,37)(H,32,33,38). The van der Waals surface area contributed by atoms with Gasteiger partial charge in [0.1, 0.15) is 11.6 Å². The molecule has 2 aliphatic carbocycles. The summed E-state index contributed by atoms with van der Waals surface area (Å²) in [7, 11) is 0. The van der Waals surface area contributed by atoms with Crippen molar-refractivity contribution < 1.29 is 19.1 Å². The highest BCUT2D eigenvalue weighted by atomic mass is 16.5. The minimum Gasteiger partial charge on any atom is -0.448 e. The molecule has 2 N–H and O–H groups in total. The smallest absolute Gasteiger partial charge is 0.436 e. The number of morpholine rings is 1. The van der Waals surface area contributed by atoms with Crippen molar-refractivity contribution in [3.05, 3.63) is 0 Å². The fraction of sp³-hybridized carbons (Fsp3) is 0.867. The van der Waals surface area contributed by atoms with Gasteiger partial charge in [0, 0.05) is 32.7 Å². The van der Waals surface area contributed by atoms with Gasteiger partial charge in [-0.25, -0.2) is 4.79 Å². The van der Waals surface area contributed by atoms with E-state index in [0.717, 1.165) is 38.4 Å². The van der Waals surface area contributed by atoms with E-state index >= 15 is 0 Å². The molecule has 0 aromatic heterocycles. The number of carbonyl (C=O) groups is 2. The van der Waals surface area contributed by atoms with Crippen molar-refractivity contribution in [1.29, 1.82) is 5.26 Å². The highest BCUT2D eigenvalue weighted by molar-refractivity contribution is 5.94. The summed E-state index contributed by atoms with van der Waals surface area (Å²) < 4.78 is 10.6. The number of hydrogen-bond acceptors (Lipinski definition) is 6. The van der Waals surface area contributed by atoms with Crippen LogP contribution in [0, 0.1) is 23.2 Å². The fourth-order valence-electron chi connectivity index (χ4n) is 6.80. The van der Waals surface area contributed by atoms with Crippen LogP contribution in [0.1, 0.15) is 90.4 Å². The number of nitrogens with zero attached hydrogens (tertiary/aromatic N) is 4. The zero-order valence-electron chi connectivity index (χ0n) is 24.5. The molecule has 0 bridgehead atoms. The average Bonchev–Trinajstić information content (AvgIpc) is 2.99. The molecule has 4 rings (SSSR count). The maximum atomic E-state index is 13.9. The molecule has 1 atom stereocenters. The van der Waals surface area contributed by atoms with E-state index in [2.05, 4.69) is 26.6 Å². The van der Waals surface area contributed by atoms with E-state index in [1.807, 2.05) is 4.90 Å². The molecule has 0 aromatic carbocycles. The normalized spacial score (nSPS) is 24.1. The third-order valence-corrected chi connectivity index (χ3v) is 9.22. The lowest BCUT2D eigenvalue weighted by molar-refractivity contribution is -0.125. The van der Waals surface area contributed by atoms with E-state index < -0.39 is 17.7 Å². The van der Waals surface area contributed by atoms with Crippen LogP contribution in [0.2, 0.25) is 0 Å². The molecule has 2 saturated heterocycles. The molecule has 40 heavy (non-hydrogen) atoms. The quantitative estimate of drug-likeness (QED) is 0.341. The van der Waals surface area contributed by atoms with Crippen LogP contribution in [0.4, 0.5) is 4.79 Å². The first-order chi connectivity index (χ1) is 19.5. The number of guanidine groups is 1. The first-order valence-corrected chi connectivity index (χ1v) is 15.8. The third-order valence-electron chi connectivity index (χ3n) is 9.22. The number of rotatable bonds is 8. The van der Waals surface area contributed by atoms with Gasteiger partial charge in [-0.2, -0.15) is 5.26 Å². The largest absolute Gasteiger partial charge is 0.448 e. The van der Waals surface area contributed by atoms with Crippen LogP contribution < -0.4 is 10.6 Å². The minimum absolute atomic E-state index is 0.183. The number of nitriles is 1. The number of ether oxygens (including phenoxy) is 2. The second-order valence-electron chi connectivity index (χ2n) is 12.2. The first kappa shape index (κ1) is 30.6. The second kappa shape index (κ2) is 15.6.